The summed E-state index contributed by atoms with van der Waals surface area (Å²) >= 11 is 9.25. The third-order valence-electron chi connectivity index (χ3n) is 3.22. The van der Waals surface area contributed by atoms with Crippen molar-refractivity contribution in [2.45, 2.75) is 6.54 Å². The molecule has 0 atom stereocenters. The molecule has 25 heavy (non-hydrogen) atoms. The van der Waals surface area contributed by atoms with Crippen LogP contribution in [0.5, 0.6) is 0 Å². The molecule has 0 saturated heterocycles. The molecule has 124 valence electrons. The fraction of sp³-hybridized carbons (Fsp3) is 0.0625. The maximum Gasteiger partial charge on any atom is 0.248 e. The van der Waals surface area contributed by atoms with Crippen LogP contribution in [0.1, 0.15) is 5.56 Å². The highest BCUT2D eigenvalue weighted by Crippen LogP contribution is 2.20. The van der Waals surface area contributed by atoms with E-state index in [2.05, 4.69) is 36.7 Å². The number of benzene rings is 2. The molecule has 1 heterocycles. The van der Waals surface area contributed by atoms with E-state index in [-0.39, 0.29) is 6.54 Å². The zero-order chi connectivity index (χ0) is 17.8. The molecule has 0 radical (unpaired) electrons. The van der Waals surface area contributed by atoms with E-state index < -0.39 is 5.91 Å². The number of halogens is 2. The van der Waals surface area contributed by atoms with E-state index in [1.165, 1.54) is 16.9 Å². The lowest BCUT2D eigenvalue weighted by atomic mass is 10.2. The van der Waals surface area contributed by atoms with Gasteiger partial charge in [0.15, 0.2) is 0 Å². The van der Waals surface area contributed by atoms with Crippen LogP contribution in [-0.4, -0.2) is 26.1 Å². The summed E-state index contributed by atoms with van der Waals surface area (Å²) in [7, 11) is 0. The number of carbonyl (C=O) groups is 1. The van der Waals surface area contributed by atoms with Gasteiger partial charge in [0, 0.05) is 15.1 Å². The van der Waals surface area contributed by atoms with Gasteiger partial charge in [-0.1, -0.05) is 27.5 Å². The summed E-state index contributed by atoms with van der Waals surface area (Å²) < 4.78 is 0.942. The van der Waals surface area contributed by atoms with Crippen LogP contribution < -0.4 is 5.32 Å². The number of nitrogens with one attached hydrogen (secondary N) is 1. The third kappa shape index (κ3) is 4.21. The van der Waals surface area contributed by atoms with Crippen molar-refractivity contribution in [3.8, 4) is 17.5 Å². The molecule has 1 amide bonds. The summed E-state index contributed by atoms with van der Waals surface area (Å²) in [5, 5.41) is 24.1. The number of nitriles is 1. The summed E-state index contributed by atoms with van der Waals surface area (Å²) in [6.07, 6.45) is 0. The second-order valence-electron chi connectivity index (χ2n) is 5.00. The van der Waals surface area contributed by atoms with Gasteiger partial charge in [-0.15, -0.1) is 10.2 Å². The lowest BCUT2D eigenvalue weighted by Gasteiger charge is -2.06. The maximum absolute atomic E-state index is 12.2. The van der Waals surface area contributed by atoms with Gasteiger partial charge in [0.2, 0.25) is 11.7 Å². The normalized spacial score (nSPS) is 10.3. The molecule has 1 aromatic heterocycles. The van der Waals surface area contributed by atoms with Crippen LogP contribution in [0.25, 0.3) is 11.4 Å². The molecule has 0 bridgehead atoms. The van der Waals surface area contributed by atoms with Gasteiger partial charge in [0.1, 0.15) is 12.6 Å². The largest absolute Gasteiger partial charge is 0.323 e. The van der Waals surface area contributed by atoms with Crippen molar-refractivity contribution in [3.05, 3.63) is 57.5 Å². The molecule has 0 spiro atoms. The van der Waals surface area contributed by atoms with Gasteiger partial charge in [0.05, 0.1) is 11.3 Å². The third-order valence-corrected chi connectivity index (χ3v) is 3.98. The van der Waals surface area contributed by atoms with Crippen molar-refractivity contribution in [2.75, 3.05) is 5.32 Å². The van der Waals surface area contributed by atoms with Crippen molar-refractivity contribution >= 4 is 39.1 Å². The Labute approximate surface area is 156 Å². The van der Waals surface area contributed by atoms with E-state index in [0.717, 1.165) is 10.0 Å². The quantitative estimate of drug-likeness (QED) is 0.703. The number of anilines is 1. The van der Waals surface area contributed by atoms with Crippen LogP contribution in [0.4, 0.5) is 5.69 Å². The number of hydrogen-bond acceptors (Lipinski definition) is 5. The SMILES string of the molecule is N#Cc1ccc(Cl)cc1NC(=O)Cn1nnc(-c2ccc(Br)cc2)n1. The summed E-state index contributed by atoms with van der Waals surface area (Å²) in [5.41, 5.74) is 1.45. The summed E-state index contributed by atoms with van der Waals surface area (Å²) in [5.74, 6) is 0.0271. The van der Waals surface area contributed by atoms with Crippen molar-refractivity contribution in [1.29, 1.82) is 5.26 Å². The first-order chi connectivity index (χ1) is 12.0. The lowest BCUT2D eigenvalue weighted by Crippen LogP contribution is -2.21. The van der Waals surface area contributed by atoms with E-state index >= 15 is 0 Å². The molecule has 9 heteroatoms. The Morgan fingerprint density at radius 1 is 1.28 bits per heavy atom. The Morgan fingerprint density at radius 3 is 2.76 bits per heavy atom. The Bertz CT molecular complexity index is 964. The second-order valence-corrected chi connectivity index (χ2v) is 6.35. The first kappa shape index (κ1) is 17.1. The average Bonchev–Trinajstić information content (AvgIpc) is 3.04. The van der Waals surface area contributed by atoms with Crippen LogP contribution in [0.3, 0.4) is 0 Å². The van der Waals surface area contributed by atoms with Crippen LogP contribution >= 0.6 is 27.5 Å². The molecule has 0 fully saturated rings. The predicted octanol–water partition coefficient (Wildman–Crippen LogP) is 3.27. The monoisotopic (exact) mass is 416 g/mol. The molecule has 3 rings (SSSR count). The molecule has 0 aliphatic heterocycles. The molecular weight excluding hydrogens is 408 g/mol. The maximum atomic E-state index is 12.2. The molecule has 0 unspecified atom stereocenters. The average molecular weight is 418 g/mol. The molecule has 3 aromatic rings. The molecule has 0 aliphatic rings. The van der Waals surface area contributed by atoms with Gasteiger partial charge in [-0.3, -0.25) is 4.79 Å². The highest BCUT2D eigenvalue weighted by molar-refractivity contribution is 9.10. The Balaban J connectivity index is 1.71. The van der Waals surface area contributed by atoms with Crippen LogP contribution in [0.2, 0.25) is 5.02 Å². The van der Waals surface area contributed by atoms with Crippen LogP contribution in [0, 0.1) is 11.3 Å². The van der Waals surface area contributed by atoms with Gasteiger partial charge >= 0.3 is 0 Å². The number of hydrogen-bond donors (Lipinski definition) is 1. The van der Waals surface area contributed by atoms with E-state index in [1.807, 2.05) is 30.3 Å². The summed E-state index contributed by atoms with van der Waals surface area (Å²) in [4.78, 5) is 13.3. The minimum absolute atomic E-state index is 0.138. The standard InChI is InChI=1S/C16H10BrClN6O/c17-12-4-1-10(2-5-12)16-21-23-24(22-16)9-15(25)20-14-7-13(18)6-3-11(14)8-19/h1-7H,9H2,(H,20,25). The number of amides is 1. The summed E-state index contributed by atoms with van der Waals surface area (Å²) in [6, 6.07) is 14.1. The fourth-order valence-corrected chi connectivity index (χ4v) is 2.50. The Kier molecular flexibility index (Phi) is 5.07. The topological polar surface area (TPSA) is 96.5 Å². The number of nitrogens with zero attached hydrogens (tertiary/aromatic N) is 5. The van der Waals surface area contributed by atoms with Gasteiger partial charge < -0.3 is 5.32 Å². The number of carbonyl (C=O) groups excluding carboxylic acids is 1. The molecule has 2 aromatic carbocycles. The van der Waals surface area contributed by atoms with Crippen molar-refractivity contribution in [3.63, 3.8) is 0 Å². The highest BCUT2D eigenvalue weighted by atomic mass is 79.9. The molecule has 7 nitrogen and oxygen atoms in total. The molecular formula is C16H10BrClN6O. The van der Waals surface area contributed by atoms with Crippen molar-refractivity contribution in [1.82, 2.24) is 20.2 Å². The molecule has 0 aliphatic carbocycles. The minimum Gasteiger partial charge on any atom is -0.323 e. The van der Waals surface area contributed by atoms with Crippen LogP contribution in [-0.2, 0) is 11.3 Å². The number of aromatic nitrogens is 4. The zero-order valence-electron chi connectivity index (χ0n) is 12.6. The number of rotatable bonds is 4. The Hall–Kier alpha value is -2.76. The second kappa shape index (κ2) is 7.42. The van der Waals surface area contributed by atoms with Gasteiger partial charge in [0.25, 0.3) is 0 Å². The zero-order valence-corrected chi connectivity index (χ0v) is 15.0. The van der Waals surface area contributed by atoms with Gasteiger partial charge in [-0.2, -0.15) is 10.1 Å². The first-order valence-corrected chi connectivity index (χ1v) is 8.25. The van der Waals surface area contributed by atoms with E-state index in [9.17, 15) is 4.79 Å². The van der Waals surface area contributed by atoms with E-state index in [0.29, 0.717) is 22.1 Å². The lowest BCUT2D eigenvalue weighted by molar-refractivity contribution is -0.117. The Morgan fingerprint density at radius 2 is 2.04 bits per heavy atom. The smallest absolute Gasteiger partial charge is 0.248 e. The molecule has 1 N–H and O–H groups in total. The number of tetrazole rings is 1. The first-order valence-electron chi connectivity index (χ1n) is 7.08. The molecule has 0 saturated carbocycles. The van der Waals surface area contributed by atoms with E-state index in [4.69, 9.17) is 16.9 Å². The predicted molar refractivity (Wildman–Crippen MR) is 95.7 cm³/mol. The fourth-order valence-electron chi connectivity index (χ4n) is 2.06. The van der Waals surface area contributed by atoms with Gasteiger partial charge in [-0.05, 0) is 47.7 Å². The van der Waals surface area contributed by atoms with Crippen LogP contribution in [0.15, 0.2) is 46.9 Å². The minimum atomic E-state index is -0.390. The van der Waals surface area contributed by atoms with Gasteiger partial charge in [-0.25, -0.2) is 0 Å². The summed E-state index contributed by atoms with van der Waals surface area (Å²) in [6.45, 7) is -0.138. The van der Waals surface area contributed by atoms with Crippen molar-refractivity contribution in [2.24, 2.45) is 0 Å². The van der Waals surface area contributed by atoms with E-state index in [1.54, 1.807) is 6.07 Å². The van der Waals surface area contributed by atoms with Crippen molar-refractivity contribution < 1.29 is 4.79 Å². The highest BCUT2D eigenvalue weighted by Gasteiger charge is 2.11.